The number of aliphatic hydroxyl groups is 1. The molecule has 4 nitrogen and oxygen atoms in total. The van der Waals surface area contributed by atoms with Gasteiger partial charge in [0.2, 0.25) is 0 Å². The van der Waals surface area contributed by atoms with Crippen molar-refractivity contribution in [2.24, 2.45) is 0 Å². The second kappa shape index (κ2) is 8.79. The van der Waals surface area contributed by atoms with E-state index in [9.17, 15) is 13.9 Å². The molecule has 0 amide bonds. The molecule has 2 aromatic rings. The van der Waals surface area contributed by atoms with Gasteiger partial charge in [-0.3, -0.25) is 4.58 Å². The Morgan fingerprint density at radius 1 is 1.03 bits per heavy atom. The average molecular weight is 467 g/mol. The molecule has 156 valence electrons. The Kier molecular flexibility index (Phi) is 6.58. The maximum absolute atomic E-state index is 12.5. The quantitative estimate of drug-likeness (QED) is 0.688. The van der Waals surface area contributed by atoms with Crippen LogP contribution in [0.15, 0.2) is 48.5 Å². The Morgan fingerprint density at radius 3 is 2.38 bits per heavy atom. The lowest BCUT2D eigenvalue weighted by atomic mass is 9.99. The number of amidine groups is 1. The van der Waals surface area contributed by atoms with Crippen molar-refractivity contribution in [3.05, 3.63) is 59.7 Å². The Bertz CT molecular complexity index is 871. The van der Waals surface area contributed by atoms with Gasteiger partial charge in [0.15, 0.2) is 6.54 Å². The summed E-state index contributed by atoms with van der Waals surface area (Å²) in [6, 6.07) is 14.4. The molecule has 0 saturated carbocycles. The zero-order chi connectivity index (χ0) is 19.7. The van der Waals surface area contributed by atoms with Crippen LogP contribution in [0.3, 0.4) is 0 Å². The highest BCUT2D eigenvalue weighted by atomic mass is 79.9. The molecular formula is C22H25BrF2N2O2. The SMILES string of the molecule is Cc1ccc(C2(O)C[N+]3=C(CCCCC3)N2c2ccc(OC(F)F)cc2)cc1.[Br-]. The van der Waals surface area contributed by atoms with E-state index in [0.29, 0.717) is 6.54 Å². The summed E-state index contributed by atoms with van der Waals surface area (Å²) in [5.41, 5.74) is 1.52. The van der Waals surface area contributed by atoms with Gasteiger partial charge in [0.1, 0.15) is 11.4 Å². The molecule has 1 N–H and O–H groups in total. The molecule has 0 fully saturated rings. The highest BCUT2D eigenvalue weighted by molar-refractivity contribution is 5.97. The predicted octanol–water partition coefficient (Wildman–Crippen LogP) is 1.25. The third kappa shape index (κ3) is 4.31. The molecule has 2 heterocycles. The smallest absolute Gasteiger partial charge is 0.387 e. The number of nitrogens with zero attached hydrogens (tertiary/aromatic N) is 2. The number of hydrogen-bond acceptors (Lipinski definition) is 3. The Labute approximate surface area is 180 Å². The van der Waals surface area contributed by atoms with Gasteiger partial charge in [0.25, 0.3) is 11.6 Å². The second-order valence-electron chi connectivity index (χ2n) is 7.54. The fourth-order valence-electron chi connectivity index (χ4n) is 4.20. The minimum Gasteiger partial charge on any atom is -1.00 e. The summed E-state index contributed by atoms with van der Waals surface area (Å²) in [6.45, 7) is 0.561. The zero-order valence-electron chi connectivity index (χ0n) is 16.3. The Balaban J connectivity index is 0.00000240. The number of aryl methyl sites for hydroxylation is 1. The number of ether oxygens (including phenoxy) is 1. The van der Waals surface area contributed by atoms with Gasteiger partial charge in [-0.25, -0.2) is 0 Å². The maximum Gasteiger partial charge on any atom is 0.387 e. The molecule has 0 aliphatic carbocycles. The standard InChI is InChI=1S/C22H25F2N2O2.BrH/c1-16-6-8-17(9-7-16)22(27)15-25-14-4-2-3-5-20(25)26(22)18-10-12-19(13-11-18)28-21(23)24;/h6-13,21,27H,2-5,14-15H2,1H3;1H/q+1;/p-1. The van der Waals surface area contributed by atoms with Crippen molar-refractivity contribution < 1.29 is 40.2 Å². The molecule has 0 saturated heterocycles. The largest absolute Gasteiger partial charge is 1.00 e. The molecule has 1 unspecified atom stereocenters. The topological polar surface area (TPSA) is 35.7 Å². The molecule has 0 spiro atoms. The molecular weight excluding hydrogens is 442 g/mol. The summed E-state index contributed by atoms with van der Waals surface area (Å²) < 4.78 is 31.7. The predicted molar refractivity (Wildman–Crippen MR) is 104 cm³/mol. The van der Waals surface area contributed by atoms with Crippen LogP contribution in [0.5, 0.6) is 5.75 Å². The van der Waals surface area contributed by atoms with Crippen LogP contribution in [-0.4, -0.2) is 35.2 Å². The van der Waals surface area contributed by atoms with E-state index >= 15 is 0 Å². The van der Waals surface area contributed by atoms with Crippen molar-refractivity contribution >= 4 is 11.5 Å². The summed E-state index contributed by atoms with van der Waals surface area (Å²) in [7, 11) is 0. The van der Waals surface area contributed by atoms with Crippen molar-refractivity contribution in [1.29, 1.82) is 0 Å². The minimum absolute atomic E-state index is 0. The molecule has 0 radical (unpaired) electrons. The number of alkyl halides is 2. The van der Waals surface area contributed by atoms with E-state index in [2.05, 4.69) is 9.31 Å². The Morgan fingerprint density at radius 2 is 1.72 bits per heavy atom. The number of rotatable bonds is 4. The van der Waals surface area contributed by atoms with E-state index in [1.807, 2.05) is 36.1 Å². The summed E-state index contributed by atoms with van der Waals surface area (Å²) >= 11 is 0. The zero-order valence-corrected chi connectivity index (χ0v) is 17.9. The highest BCUT2D eigenvalue weighted by Gasteiger charge is 2.53. The fourth-order valence-corrected chi connectivity index (χ4v) is 4.20. The van der Waals surface area contributed by atoms with Crippen molar-refractivity contribution in [3.63, 3.8) is 0 Å². The third-order valence-electron chi connectivity index (χ3n) is 5.57. The van der Waals surface area contributed by atoms with E-state index in [0.717, 1.165) is 54.9 Å². The monoisotopic (exact) mass is 466 g/mol. The van der Waals surface area contributed by atoms with Gasteiger partial charge in [-0.1, -0.05) is 29.8 Å². The van der Waals surface area contributed by atoms with Crippen LogP contribution in [0, 0.1) is 6.92 Å². The van der Waals surface area contributed by atoms with Gasteiger partial charge in [0, 0.05) is 12.0 Å². The maximum atomic E-state index is 12.5. The fraction of sp³-hybridized carbons (Fsp3) is 0.409. The first kappa shape index (κ1) is 21.7. The first-order valence-electron chi connectivity index (χ1n) is 9.73. The molecule has 2 aliphatic rings. The van der Waals surface area contributed by atoms with Gasteiger partial charge in [-0.05, 0) is 50.5 Å². The number of halogens is 3. The molecule has 4 rings (SSSR count). The molecule has 2 aromatic carbocycles. The molecule has 0 aromatic heterocycles. The van der Waals surface area contributed by atoms with Crippen molar-refractivity contribution in [2.75, 3.05) is 18.0 Å². The minimum atomic E-state index is -2.85. The number of anilines is 1. The van der Waals surface area contributed by atoms with Gasteiger partial charge in [-0.15, -0.1) is 0 Å². The lowest BCUT2D eigenvalue weighted by Gasteiger charge is -2.29. The second-order valence-corrected chi connectivity index (χ2v) is 7.54. The van der Waals surface area contributed by atoms with Gasteiger partial charge in [-0.2, -0.15) is 13.7 Å². The summed E-state index contributed by atoms with van der Waals surface area (Å²) in [6.07, 6.45) is 4.21. The van der Waals surface area contributed by atoms with Crippen LogP contribution in [0.1, 0.15) is 36.8 Å². The number of benzene rings is 2. The van der Waals surface area contributed by atoms with Crippen molar-refractivity contribution in [1.82, 2.24) is 0 Å². The third-order valence-corrected chi connectivity index (χ3v) is 5.57. The Hall–Kier alpha value is -1.99. The molecule has 1 atom stereocenters. The highest BCUT2D eigenvalue weighted by Crippen LogP contribution is 2.38. The molecule has 2 aliphatic heterocycles. The van der Waals surface area contributed by atoms with Crippen LogP contribution < -0.4 is 26.6 Å². The van der Waals surface area contributed by atoms with Gasteiger partial charge >= 0.3 is 6.61 Å². The van der Waals surface area contributed by atoms with E-state index in [-0.39, 0.29) is 22.7 Å². The summed E-state index contributed by atoms with van der Waals surface area (Å²) in [5, 5.41) is 11.8. The van der Waals surface area contributed by atoms with Crippen LogP contribution in [0.4, 0.5) is 14.5 Å². The lowest BCUT2D eigenvalue weighted by Crippen LogP contribution is -3.00. The van der Waals surface area contributed by atoms with E-state index in [1.54, 1.807) is 12.1 Å². The summed E-state index contributed by atoms with van der Waals surface area (Å²) in [4.78, 5) is 1.97. The van der Waals surface area contributed by atoms with E-state index < -0.39 is 12.3 Å². The average Bonchev–Trinajstić information content (AvgIpc) is 2.79. The van der Waals surface area contributed by atoms with Crippen LogP contribution >= 0.6 is 0 Å². The molecule has 29 heavy (non-hydrogen) atoms. The van der Waals surface area contributed by atoms with Crippen LogP contribution in [-0.2, 0) is 5.72 Å². The number of hydrogen-bond donors (Lipinski definition) is 1. The van der Waals surface area contributed by atoms with Crippen LogP contribution in [0.25, 0.3) is 0 Å². The first-order valence-corrected chi connectivity index (χ1v) is 9.73. The normalized spacial score (nSPS) is 21.6. The van der Waals surface area contributed by atoms with E-state index in [1.165, 1.54) is 12.1 Å². The van der Waals surface area contributed by atoms with Crippen LogP contribution in [0.2, 0.25) is 0 Å². The van der Waals surface area contributed by atoms with Crippen molar-refractivity contribution in [3.8, 4) is 5.75 Å². The van der Waals surface area contributed by atoms with E-state index in [4.69, 9.17) is 0 Å². The van der Waals surface area contributed by atoms with Gasteiger partial charge < -0.3 is 26.8 Å². The molecule has 0 bridgehead atoms. The summed E-state index contributed by atoms with van der Waals surface area (Å²) in [5.74, 6) is 1.20. The first-order chi connectivity index (χ1) is 13.5. The van der Waals surface area contributed by atoms with Gasteiger partial charge in [0.05, 0.1) is 6.54 Å². The van der Waals surface area contributed by atoms with Crippen molar-refractivity contribution in [2.45, 2.75) is 44.9 Å². The molecule has 7 heteroatoms. The lowest BCUT2D eigenvalue weighted by molar-refractivity contribution is -0.534.